The van der Waals surface area contributed by atoms with E-state index in [1.54, 1.807) is 35.2 Å². The minimum absolute atomic E-state index is 0.205. The van der Waals surface area contributed by atoms with Crippen LogP contribution in [-0.2, 0) is 0 Å². The van der Waals surface area contributed by atoms with Gasteiger partial charge in [-0.1, -0.05) is 11.8 Å². The smallest absolute Gasteiger partial charge is 0.150 e. The number of hydrogen-bond donors (Lipinski definition) is 1. The van der Waals surface area contributed by atoms with Crippen molar-refractivity contribution in [2.75, 3.05) is 17.6 Å². The highest BCUT2D eigenvalue weighted by molar-refractivity contribution is 8.01. The second-order valence-electron chi connectivity index (χ2n) is 3.54. The Morgan fingerprint density at radius 3 is 2.76 bits per heavy atom. The molecule has 0 spiro atoms. The molecule has 0 aliphatic carbocycles. The number of hydrogen-bond acceptors (Lipinski definition) is 4. The van der Waals surface area contributed by atoms with Crippen molar-refractivity contribution in [3.05, 3.63) is 41.2 Å². The molecule has 0 aliphatic heterocycles. The molecule has 1 heterocycles. The Hall–Kier alpha value is -1.07. The van der Waals surface area contributed by atoms with E-state index in [1.807, 2.05) is 6.92 Å². The van der Waals surface area contributed by atoms with Crippen molar-refractivity contribution < 1.29 is 4.39 Å². The third-order valence-corrected chi connectivity index (χ3v) is 4.24. The first-order chi connectivity index (χ1) is 8.24. The van der Waals surface area contributed by atoms with Gasteiger partial charge in [0.05, 0.1) is 0 Å². The molecule has 17 heavy (non-hydrogen) atoms. The molecule has 2 rings (SSSR count). The Balaban J connectivity index is 1.71. The second-order valence-corrected chi connectivity index (χ2v) is 5.74. The van der Waals surface area contributed by atoms with Crippen molar-refractivity contribution in [2.24, 2.45) is 0 Å². The molecule has 90 valence electrons. The van der Waals surface area contributed by atoms with Gasteiger partial charge in [-0.3, -0.25) is 0 Å². The standard InChI is InChI=1S/C12H13FN2S2/c1-9-8-17-12(15-9)16-7-6-14-11-4-2-10(13)3-5-11/h2-5,8,14H,6-7H2,1H3. The van der Waals surface area contributed by atoms with Crippen LogP contribution in [0.1, 0.15) is 5.69 Å². The molecule has 5 heteroatoms. The molecular formula is C12H13FN2S2. The van der Waals surface area contributed by atoms with Crippen LogP contribution in [-0.4, -0.2) is 17.3 Å². The van der Waals surface area contributed by atoms with Gasteiger partial charge in [0.15, 0.2) is 0 Å². The van der Waals surface area contributed by atoms with Gasteiger partial charge in [-0.2, -0.15) is 0 Å². The van der Waals surface area contributed by atoms with Crippen LogP contribution in [0.15, 0.2) is 34.0 Å². The summed E-state index contributed by atoms with van der Waals surface area (Å²) in [6.07, 6.45) is 0. The Labute approximate surface area is 108 Å². The van der Waals surface area contributed by atoms with E-state index in [4.69, 9.17) is 0 Å². The van der Waals surface area contributed by atoms with Crippen LogP contribution in [0, 0.1) is 12.7 Å². The molecule has 0 unspecified atom stereocenters. The third-order valence-electron chi connectivity index (χ3n) is 2.10. The van der Waals surface area contributed by atoms with Gasteiger partial charge in [0.2, 0.25) is 0 Å². The highest BCUT2D eigenvalue weighted by Crippen LogP contribution is 2.21. The number of aryl methyl sites for hydroxylation is 1. The second kappa shape index (κ2) is 6.02. The first-order valence-electron chi connectivity index (χ1n) is 5.28. The molecule has 1 aromatic heterocycles. The zero-order valence-electron chi connectivity index (χ0n) is 9.44. The summed E-state index contributed by atoms with van der Waals surface area (Å²) < 4.78 is 13.8. The molecule has 0 bridgehead atoms. The Morgan fingerprint density at radius 1 is 1.35 bits per heavy atom. The summed E-state index contributed by atoms with van der Waals surface area (Å²) in [7, 11) is 0. The van der Waals surface area contributed by atoms with E-state index in [1.165, 1.54) is 12.1 Å². The molecule has 0 amide bonds. The highest BCUT2D eigenvalue weighted by Gasteiger charge is 1.99. The van der Waals surface area contributed by atoms with E-state index in [-0.39, 0.29) is 5.82 Å². The van der Waals surface area contributed by atoms with E-state index in [0.29, 0.717) is 0 Å². The van der Waals surface area contributed by atoms with Crippen LogP contribution in [0.2, 0.25) is 0 Å². The van der Waals surface area contributed by atoms with E-state index in [9.17, 15) is 4.39 Å². The Morgan fingerprint density at radius 2 is 2.12 bits per heavy atom. The summed E-state index contributed by atoms with van der Waals surface area (Å²) in [4.78, 5) is 4.37. The van der Waals surface area contributed by atoms with Gasteiger partial charge in [0.1, 0.15) is 10.2 Å². The Kier molecular flexibility index (Phi) is 4.39. The number of aromatic nitrogens is 1. The van der Waals surface area contributed by atoms with Crippen LogP contribution < -0.4 is 5.32 Å². The van der Waals surface area contributed by atoms with Crippen LogP contribution in [0.5, 0.6) is 0 Å². The zero-order chi connectivity index (χ0) is 12.1. The lowest BCUT2D eigenvalue weighted by Crippen LogP contribution is -2.03. The van der Waals surface area contributed by atoms with E-state index < -0.39 is 0 Å². The molecule has 0 aliphatic rings. The van der Waals surface area contributed by atoms with Crippen molar-refractivity contribution in [3.8, 4) is 0 Å². The molecule has 2 aromatic rings. The van der Waals surface area contributed by atoms with E-state index in [2.05, 4.69) is 15.7 Å². The van der Waals surface area contributed by atoms with Crippen molar-refractivity contribution in [3.63, 3.8) is 0 Å². The molecule has 0 saturated carbocycles. The summed E-state index contributed by atoms with van der Waals surface area (Å²) in [5.74, 6) is 0.743. The highest BCUT2D eigenvalue weighted by atomic mass is 32.2. The molecule has 0 fully saturated rings. The minimum Gasteiger partial charge on any atom is -0.384 e. The fraction of sp³-hybridized carbons (Fsp3) is 0.250. The average Bonchev–Trinajstić information content (AvgIpc) is 2.73. The monoisotopic (exact) mass is 268 g/mol. The average molecular weight is 268 g/mol. The predicted octanol–water partition coefficient (Wildman–Crippen LogP) is 3.79. The normalized spacial score (nSPS) is 10.5. The summed E-state index contributed by atoms with van der Waals surface area (Å²) >= 11 is 3.41. The van der Waals surface area contributed by atoms with Crippen molar-refractivity contribution in [2.45, 2.75) is 11.3 Å². The van der Waals surface area contributed by atoms with Crippen LogP contribution >= 0.6 is 23.1 Å². The first kappa shape index (κ1) is 12.4. The molecule has 0 radical (unpaired) electrons. The number of rotatable bonds is 5. The van der Waals surface area contributed by atoms with Gasteiger partial charge < -0.3 is 5.32 Å². The molecule has 0 atom stereocenters. The SMILES string of the molecule is Cc1csc(SCCNc2ccc(F)cc2)n1. The van der Waals surface area contributed by atoms with Gasteiger partial charge in [-0.25, -0.2) is 9.37 Å². The molecular weight excluding hydrogens is 255 g/mol. The number of thiazole rings is 1. The summed E-state index contributed by atoms with van der Waals surface area (Å²) in [5.41, 5.74) is 2.02. The maximum atomic E-state index is 12.7. The van der Waals surface area contributed by atoms with Crippen molar-refractivity contribution >= 4 is 28.8 Å². The number of benzene rings is 1. The van der Waals surface area contributed by atoms with Gasteiger partial charge in [0.25, 0.3) is 0 Å². The van der Waals surface area contributed by atoms with E-state index >= 15 is 0 Å². The van der Waals surface area contributed by atoms with Gasteiger partial charge in [-0.05, 0) is 31.2 Å². The lowest BCUT2D eigenvalue weighted by molar-refractivity contribution is 0.628. The van der Waals surface area contributed by atoms with Crippen molar-refractivity contribution in [1.29, 1.82) is 0 Å². The van der Waals surface area contributed by atoms with Crippen LogP contribution in [0.4, 0.5) is 10.1 Å². The molecule has 1 aromatic carbocycles. The summed E-state index contributed by atoms with van der Waals surface area (Å²) in [6.45, 7) is 2.84. The molecule has 1 N–H and O–H groups in total. The first-order valence-corrected chi connectivity index (χ1v) is 7.15. The Bertz CT molecular complexity index is 468. The molecule has 0 saturated heterocycles. The maximum Gasteiger partial charge on any atom is 0.150 e. The molecule has 2 nitrogen and oxygen atoms in total. The summed E-state index contributed by atoms with van der Waals surface area (Å²) in [5, 5.41) is 5.29. The quantitative estimate of drug-likeness (QED) is 0.659. The van der Waals surface area contributed by atoms with Gasteiger partial charge in [-0.15, -0.1) is 11.3 Å². The number of halogens is 1. The fourth-order valence-corrected chi connectivity index (χ4v) is 3.07. The van der Waals surface area contributed by atoms with Gasteiger partial charge in [0, 0.05) is 29.1 Å². The fourth-order valence-electron chi connectivity index (χ4n) is 1.30. The lowest BCUT2D eigenvalue weighted by Gasteiger charge is -2.04. The number of nitrogens with zero attached hydrogens (tertiary/aromatic N) is 1. The number of anilines is 1. The van der Waals surface area contributed by atoms with Crippen molar-refractivity contribution in [1.82, 2.24) is 4.98 Å². The summed E-state index contributed by atoms with van der Waals surface area (Å²) in [6, 6.07) is 6.40. The number of nitrogens with one attached hydrogen (secondary N) is 1. The van der Waals surface area contributed by atoms with Gasteiger partial charge >= 0.3 is 0 Å². The zero-order valence-corrected chi connectivity index (χ0v) is 11.1. The van der Waals surface area contributed by atoms with Crippen LogP contribution in [0.3, 0.4) is 0 Å². The number of thioether (sulfide) groups is 1. The minimum atomic E-state index is -0.205. The lowest BCUT2D eigenvalue weighted by atomic mass is 10.3. The third kappa shape index (κ3) is 4.02. The van der Waals surface area contributed by atoms with Crippen LogP contribution in [0.25, 0.3) is 0 Å². The largest absolute Gasteiger partial charge is 0.384 e. The van der Waals surface area contributed by atoms with E-state index in [0.717, 1.165) is 28.0 Å². The maximum absolute atomic E-state index is 12.7. The topological polar surface area (TPSA) is 24.9 Å². The predicted molar refractivity (Wildman–Crippen MR) is 72.5 cm³/mol.